The fourth-order valence-electron chi connectivity index (χ4n) is 2.63. The van der Waals surface area contributed by atoms with Crippen LogP contribution in [0, 0.1) is 5.92 Å². The zero-order chi connectivity index (χ0) is 16.3. The van der Waals surface area contributed by atoms with E-state index in [2.05, 4.69) is 13.2 Å². The van der Waals surface area contributed by atoms with Crippen LogP contribution in [0.3, 0.4) is 0 Å². The molecule has 0 amide bonds. The first-order valence-corrected chi connectivity index (χ1v) is 7.43. The molecule has 0 saturated carbocycles. The molecule has 0 aliphatic carbocycles. The van der Waals surface area contributed by atoms with E-state index < -0.39 is 5.97 Å². The maximum absolute atomic E-state index is 11.5. The number of carbonyl (C=O) groups is 1. The van der Waals surface area contributed by atoms with Crippen molar-refractivity contribution in [3.8, 4) is 0 Å². The second kappa shape index (κ2) is 7.37. The van der Waals surface area contributed by atoms with E-state index in [1.165, 1.54) is 0 Å². The molecule has 0 N–H and O–H groups in total. The minimum atomic E-state index is -0.436. The molecule has 0 aromatic heterocycles. The second-order valence-electron chi connectivity index (χ2n) is 5.69. The highest BCUT2D eigenvalue weighted by atomic mass is 16.7. The predicted molar refractivity (Wildman–Crippen MR) is 79.0 cm³/mol. The van der Waals surface area contributed by atoms with Crippen molar-refractivity contribution < 1.29 is 28.5 Å². The monoisotopic (exact) mass is 312 g/mol. The van der Waals surface area contributed by atoms with E-state index in [0.29, 0.717) is 18.8 Å². The van der Waals surface area contributed by atoms with Crippen molar-refractivity contribution in [1.29, 1.82) is 0 Å². The van der Waals surface area contributed by atoms with E-state index >= 15 is 0 Å². The highest BCUT2D eigenvalue weighted by Gasteiger charge is 2.41. The molecule has 2 fully saturated rings. The van der Waals surface area contributed by atoms with E-state index in [1.807, 2.05) is 13.8 Å². The van der Waals surface area contributed by atoms with Crippen LogP contribution in [0.5, 0.6) is 0 Å². The van der Waals surface area contributed by atoms with E-state index in [4.69, 9.17) is 23.7 Å². The van der Waals surface area contributed by atoms with Crippen LogP contribution >= 0.6 is 0 Å². The lowest BCUT2D eigenvalue weighted by Gasteiger charge is -2.28. The summed E-state index contributed by atoms with van der Waals surface area (Å²) >= 11 is 0. The Morgan fingerprint density at radius 3 is 2.00 bits per heavy atom. The minimum Gasteiger partial charge on any atom is -0.458 e. The maximum Gasteiger partial charge on any atom is 0.333 e. The number of carbonyl (C=O) groups excluding carboxylic acids is 1. The summed E-state index contributed by atoms with van der Waals surface area (Å²) in [5, 5.41) is 0. The Balaban J connectivity index is 2.01. The van der Waals surface area contributed by atoms with Crippen molar-refractivity contribution in [1.82, 2.24) is 0 Å². The van der Waals surface area contributed by atoms with Gasteiger partial charge in [0.15, 0.2) is 12.6 Å². The number of rotatable bonds is 6. The molecular formula is C16H24O6. The average Bonchev–Trinajstić information content (AvgIpc) is 3.06. The molecule has 2 saturated heterocycles. The molecule has 6 heteroatoms. The van der Waals surface area contributed by atoms with Crippen molar-refractivity contribution in [2.75, 3.05) is 19.8 Å². The van der Waals surface area contributed by atoms with Gasteiger partial charge in [-0.2, -0.15) is 0 Å². The Morgan fingerprint density at radius 2 is 1.64 bits per heavy atom. The van der Waals surface area contributed by atoms with Crippen molar-refractivity contribution in [3.05, 3.63) is 24.3 Å². The molecule has 4 atom stereocenters. The van der Waals surface area contributed by atoms with Crippen LogP contribution in [0.4, 0.5) is 0 Å². The summed E-state index contributed by atoms with van der Waals surface area (Å²) in [5.74, 6) is -0.596. The van der Waals surface area contributed by atoms with Gasteiger partial charge in [0.1, 0.15) is 6.61 Å². The molecule has 0 aromatic carbocycles. The summed E-state index contributed by atoms with van der Waals surface area (Å²) < 4.78 is 27.7. The molecule has 2 aliphatic heterocycles. The van der Waals surface area contributed by atoms with Crippen LogP contribution in [0.15, 0.2) is 24.3 Å². The number of esters is 1. The molecule has 0 aromatic rings. The lowest BCUT2D eigenvalue weighted by molar-refractivity contribution is -0.138. The van der Waals surface area contributed by atoms with Gasteiger partial charge in [-0.25, -0.2) is 4.79 Å². The Hall–Kier alpha value is -1.21. The molecule has 0 spiro atoms. The van der Waals surface area contributed by atoms with Crippen LogP contribution < -0.4 is 0 Å². The maximum atomic E-state index is 11.5. The van der Waals surface area contributed by atoms with Gasteiger partial charge in [0.2, 0.25) is 0 Å². The highest BCUT2D eigenvalue weighted by Crippen LogP contribution is 2.31. The standard InChI is InChI=1S/C16H24O6/c1-9(2)16(17)20-6-10(3)15(13-7-18-11(4)21-13)14-8-19-12(5)22-14/h11-15H,1,3,6-8H2,2,4-5H3. The molecule has 0 radical (unpaired) electrons. The van der Waals surface area contributed by atoms with Gasteiger partial charge in [-0.1, -0.05) is 13.2 Å². The predicted octanol–water partition coefficient (Wildman–Crippen LogP) is 1.80. The molecule has 22 heavy (non-hydrogen) atoms. The van der Waals surface area contributed by atoms with E-state index in [1.54, 1.807) is 6.92 Å². The average molecular weight is 312 g/mol. The Morgan fingerprint density at radius 1 is 1.14 bits per heavy atom. The summed E-state index contributed by atoms with van der Waals surface area (Å²) in [5.41, 5.74) is 1.08. The van der Waals surface area contributed by atoms with E-state index in [9.17, 15) is 4.79 Å². The molecule has 2 aliphatic rings. The Kier molecular flexibility index (Phi) is 5.74. The fraction of sp³-hybridized carbons (Fsp3) is 0.688. The molecular weight excluding hydrogens is 288 g/mol. The number of ether oxygens (including phenoxy) is 5. The lowest BCUT2D eigenvalue weighted by Crippen LogP contribution is -2.38. The van der Waals surface area contributed by atoms with Gasteiger partial charge in [0, 0.05) is 11.5 Å². The molecule has 2 heterocycles. The fourth-order valence-corrected chi connectivity index (χ4v) is 2.63. The highest BCUT2D eigenvalue weighted by molar-refractivity contribution is 5.87. The quantitative estimate of drug-likeness (QED) is 0.423. The molecule has 4 unspecified atom stereocenters. The number of hydrogen-bond donors (Lipinski definition) is 0. The smallest absolute Gasteiger partial charge is 0.333 e. The first kappa shape index (κ1) is 17.1. The van der Waals surface area contributed by atoms with E-state index in [-0.39, 0.29) is 37.3 Å². The molecule has 6 nitrogen and oxygen atoms in total. The third-order valence-corrected chi connectivity index (χ3v) is 3.73. The van der Waals surface area contributed by atoms with Crippen LogP contribution in [-0.4, -0.2) is 50.6 Å². The number of hydrogen-bond acceptors (Lipinski definition) is 6. The normalized spacial score (nSPS) is 32.7. The van der Waals surface area contributed by atoms with Gasteiger partial charge in [-0.05, 0) is 26.3 Å². The van der Waals surface area contributed by atoms with Crippen molar-refractivity contribution in [2.45, 2.75) is 45.6 Å². The zero-order valence-corrected chi connectivity index (χ0v) is 13.4. The van der Waals surface area contributed by atoms with Gasteiger partial charge >= 0.3 is 5.97 Å². The van der Waals surface area contributed by atoms with Crippen molar-refractivity contribution in [2.24, 2.45) is 5.92 Å². The van der Waals surface area contributed by atoms with Crippen LogP contribution in [0.1, 0.15) is 20.8 Å². The minimum absolute atomic E-state index is 0.0961. The summed E-state index contributed by atoms with van der Waals surface area (Å²) in [6.07, 6.45) is -0.911. The van der Waals surface area contributed by atoms with Crippen molar-refractivity contribution >= 4 is 5.97 Å². The topological polar surface area (TPSA) is 63.2 Å². The van der Waals surface area contributed by atoms with Crippen LogP contribution in [0.2, 0.25) is 0 Å². The third kappa shape index (κ3) is 4.16. The summed E-state index contributed by atoms with van der Waals surface area (Å²) in [6.45, 7) is 13.9. The lowest BCUT2D eigenvalue weighted by atomic mass is 9.89. The molecule has 2 rings (SSSR count). The first-order valence-electron chi connectivity index (χ1n) is 7.43. The first-order chi connectivity index (χ1) is 10.4. The molecule has 0 bridgehead atoms. The Bertz CT molecular complexity index is 426. The largest absolute Gasteiger partial charge is 0.458 e. The van der Waals surface area contributed by atoms with Gasteiger partial charge < -0.3 is 23.7 Å². The van der Waals surface area contributed by atoms with E-state index in [0.717, 1.165) is 5.57 Å². The van der Waals surface area contributed by atoms with Gasteiger partial charge in [-0.3, -0.25) is 0 Å². The Labute approximate surface area is 131 Å². The SMILES string of the molecule is C=C(C)C(=O)OCC(=C)C(C1COC(C)O1)C1COC(C)O1. The van der Waals surface area contributed by atoms with Crippen molar-refractivity contribution in [3.63, 3.8) is 0 Å². The summed E-state index contributed by atoms with van der Waals surface area (Å²) in [6, 6.07) is 0. The third-order valence-electron chi connectivity index (χ3n) is 3.73. The van der Waals surface area contributed by atoms with Crippen LogP contribution in [0.25, 0.3) is 0 Å². The summed E-state index contributed by atoms with van der Waals surface area (Å²) in [7, 11) is 0. The van der Waals surface area contributed by atoms with Gasteiger partial charge in [0.05, 0.1) is 25.4 Å². The molecule has 124 valence electrons. The second-order valence-corrected chi connectivity index (χ2v) is 5.69. The zero-order valence-electron chi connectivity index (χ0n) is 13.4. The van der Waals surface area contributed by atoms with Gasteiger partial charge in [0.25, 0.3) is 0 Å². The summed E-state index contributed by atoms with van der Waals surface area (Å²) in [4.78, 5) is 11.5. The van der Waals surface area contributed by atoms with Gasteiger partial charge in [-0.15, -0.1) is 0 Å². The van der Waals surface area contributed by atoms with Crippen LogP contribution in [-0.2, 0) is 28.5 Å².